The van der Waals surface area contributed by atoms with Gasteiger partial charge in [0.25, 0.3) is 5.91 Å². The number of carbonyl (C=O) groups is 2. The van der Waals surface area contributed by atoms with E-state index in [1.807, 2.05) is 30.3 Å². The Bertz CT molecular complexity index is 1010. The summed E-state index contributed by atoms with van der Waals surface area (Å²) in [5.41, 5.74) is 0.912. The van der Waals surface area contributed by atoms with E-state index in [4.69, 9.17) is 4.74 Å². The molecule has 0 saturated heterocycles. The SMILES string of the molecule is CC(OC(=O)C(NS(=O)(=O)c1ccccc1F)C(C)C)C(=O)N(C)Cc1ccccc1. The number of nitrogens with one attached hydrogen (secondary N) is 1. The number of likely N-dealkylation sites (N-methyl/N-ethyl adjacent to an activating group) is 1. The van der Waals surface area contributed by atoms with Crippen molar-refractivity contribution >= 4 is 21.9 Å². The zero-order valence-corrected chi connectivity index (χ0v) is 18.7. The van der Waals surface area contributed by atoms with E-state index in [9.17, 15) is 22.4 Å². The van der Waals surface area contributed by atoms with Gasteiger partial charge in [-0.2, -0.15) is 4.72 Å². The van der Waals surface area contributed by atoms with Gasteiger partial charge in [0.15, 0.2) is 6.10 Å². The fourth-order valence-electron chi connectivity index (χ4n) is 2.89. The third kappa shape index (κ3) is 6.60. The van der Waals surface area contributed by atoms with Crippen LogP contribution in [0.2, 0.25) is 0 Å². The third-order valence-electron chi connectivity index (χ3n) is 4.61. The number of carbonyl (C=O) groups excluding carboxylic acids is 2. The number of esters is 1. The molecule has 2 atom stereocenters. The number of halogens is 1. The zero-order valence-electron chi connectivity index (χ0n) is 17.9. The first-order chi connectivity index (χ1) is 14.5. The largest absolute Gasteiger partial charge is 0.451 e. The number of sulfonamides is 1. The zero-order chi connectivity index (χ0) is 23.2. The minimum absolute atomic E-state index is 0.328. The molecular formula is C22H27FN2O5S. The Balaban J connectivity index is 2.07. The quantitative estimate of drug-likeness (QED) is 0.593. The molecule has 0 saturated carbocycles. The maximum atomic E-state index is 13.9. The van der Waals surface area contributed by atoms with E-state index in [1.165, 1.54) is 24.0 Å². The van der Waals surface area contributed by atoms with Crippen molar-refractivity contribution in [1.82, 2.24) is 9.62 Å². The van der Waals surface area contributed by atoms with E-state index in [0.717, 1.165) is 17.7 Å². The van der Waals surface area contributed by atoms with Crippen LogP contribution >= 0.6 is 0 Å². The van der Waals surface area contributed by atoms with Gasteiger partial charge in [-0.3, -0.25) is 9.59 Å². The molecule has 168 valence electrons. The van der Waals surface area contributed by atoms with Crippen LogP contribution in [0.15, 0.2) is 59.5 Å². The van der Waals surface area contributed by atoms with Gasteiger partial charge in [-0.05, 0) is 30.5 Å². The van der Waals surface area contributed by atoms with E-state index in [2.05, 4.69) is 4.72 Å². The summed E-state index contributed by atoms with van der Waals surface area (Å²) >= 11 is 0. The Hall–Kier alpha value is -2.78. The van der Waals surface area contributed by atoms with Gasteiger partial charge in [0.1, 0.15) is 16.8 Å². The molecule has 2 unspecified atom stereocenters. The van der Waals surface area contributed by atoms with Crippen molar-refractivity contribution in [3.63, 3.8) is 0 Å². The van der Waals surface area contributed by atoms with Gasteiger partial charge in [0.2, 0.25) is 10.0 Å². The Morgan fingerprint density at radius 1 is 1.03 bits per heavy atom. The number of hydrogen-bond donors (Lipinski definition) is 1. The standard InChI is InChI=1S/C22H27FN2O5S/c1-15(2)20(24-31(28,29)19-13-9-8-12-18(19)23)22(27)30-16(3)21(26)25(4)14-17-10-6-5-7-11-17/h5-13,15-16,20,24H,14H2,1-4H3. The van der Waals surface area contributed by atoms with Gasteiger partial charge in [-0.25, -0.2) is 12.8 Å². The topological polar surface area (TPSA) is 92.8 Å². The van der Waals surface area contributed by atoms with E-state index >= 15 is 0 Å². The highest BCUT2D eigenvalue weighted by atomic mass is 32.2. The summed E-state index contributed by atoms with van der Waals surface area (Å²) in [6, 6.07) is 12.9. The first-order valence-corrected chi connectivity index (χ1v) is 11.3. The fourth-order valence-corrected chi connectivity index (χ4v) is 4.31. The Kier molecular flexibility index (Phi) is 8.29. The lowest BCUT2D eigenvalue weighted by Gasteiger charge is -2.25. The van der Waals surface area contributed by atoms with Crippen molar-refractivity contribution in [1.29, 1.82) is 0 Å². The minimum Gasteiger partial charge on any atom is -0.451 e. The molecule has 0 spiro atoms. The van der Waals surface area contributed by atoms with Crippen LogP contribution < -0.4 is 4.72 Å². The predicted molar refractivity (Wildman–Crippen MR) is 114 cm³/mol. The lowest BCUT2D eigenvalue weighted by Crippen LogP contribution is -2.47. The van der Waals surface area contributed by atoms with Crippen LogP contribution in [0.5, 0.6) is 0 Å². The molecule has 1 N–H and O–H groups in total. The average Bonchev–Trinajstić information content (AvgIpc) is 2.72. The number of hydrogen-bond acceptors (Lipinski definition) is 5. The summed E-state index contributed by atoms with van der Waals surface area (Å²) in [6.07, 6.45) is -1.12. The van der Waals surface area contributed by atoms with E-state index in [1.54, 1.807) is 20.9 Å². The molecule has 31 heavy (non-hydrogen) atoms. The number of rotatable bonds is 9. The van der Waals surface area contributed by atoms with Crippen LogP contribution in [-0.2, 0) is 30.9 Å². The van der Waals surface area contributed by atoms with Crippen molar-refractivity contribution in [2.75, 3.05) is 7.05 Å². The van der Waals surface area contributed by atoms with Crippen LogP contribution in [0.3, 0.4) is 0 Å². The minimum atomic E-state index is -4.31. The number of amides is 1. The highest BCUT2D eigenvalue weighted by molar-refractivity contribution is 7.89. The summed E-state index contributed by atoms with van der Waals surface area (Å²) in [6.45, 7) is 4.98. The summed E-state index contributed by atoms with van der Waals surface area (Å²) < 4.78 is 46.5. The van der Waals surface area contributed by atoms with Crippen LogP contribution in [0, 0.1) is 11.7 Å². The Labute approximate surface area is 182 Å². The average molecular weight is 451 g/mol. The molecule has 2 rings (SSSR count). The van der Waals surface area contributed by atoms with Crippen molar-refractivity contribution < 1.29 is 27.1 Å². The van der Waals surface area contributed by atoms with Gasteiger partial charge >= 0.3 is 5.97 Å². The first-order valence-electron chi connectivity index (χ1n) is 9.79. The van der Waals surface area contributed by atoms with E-state index < -0.39 is 50.7 Å². The summed E-state index contributed by atoms with van der Waals surface area (Å²) in [5.74, 6) is -2.78. The molecule has 0 aromatic heterocycles. The number of benzene rings is 2. The van der Waals surface area contributed by atoms with Crippen LogP contribution in [0.4, 0.5) is 4.39 Å². The second-order valence-corrected chi connectivity index (χ2v) is 9.21. The lowest BCUT2D eigenvalue weighted by molar-refractivity contribution is -0.160. The summed E-state index contributed by atoms with van der Waals surface area (Å²) in [5, 5.41) is 0. The Morgan fingerprint density at radius 3 is 2.19 bits per heavy atom. The maximum absolute atomic E-state index is 13.9. The number of nitrogens with zero attached hydrogens (tertiary/aromatic N) is 1. The molecule has 2 aromatic carbocycles. The van der Waals surface area contributed by atoms with Crippen LogP contribution in [0.25, 0.3) is 0 Å². The molecule has 2 aromatic rings. The molecule has 1 amide bonds. The lowest BCUT2D eigenvalue weighted by atomic mass is 10.1. The van der Waals surface area contributed by atoms with Gasteiger partial charge < -0.3 is 9.64 Å². The van der Waals surface area contributed by atoms with Crippen LogP contribution in [0.1, 0.15) is 26.3 Å². The molecule has 0 fully saturated rings. The third-order valence-corrected chi connectivity index (χ3v) is 6.08. The monoisotopic (exact) mass is 450 g/mol. The van der Waals surface area contributed by atoms with Gasteiger partial charge in [-0.15, -0.1) is 0 Å². The van der Waals surface area contributed by atoms with Crippen molar-refractivity contribution in [2.45, 2.75) is 44.4 Å². The normalized spacial score (nSPS) is 13.5. The molecule has 0 heterocycles. The molecule has 9 heteroatoms. The predicted octanol–water partition coefficient (Wildman–Crippen LogP) is 2.72. The van der Waals surface area contributed by atoms with Gasteiger partial charge in [-0.1, -0.05) is 56.3 Å². The van der Waals surface area contributed by atoms with Gasteiger partial charge in [0, 0.05) is 13.6 Å². The number of ether oxygens (including phenoxy) is 1. The second-order valence-electron chi connectivity index (χ2n) is 7.53. The second kappa shape index (κ2) is 10.5. The van der Waals surface area contributed by atoms with Crippen molar-refractivity contribution in [2.24, 2.45) is 5.92 Å². The molecule has 0 aliphatic carbocycles. The fraction of sp³-hybridized carbons (Fsp3) is 0.364. The van der Waals surface area contributed by atoms with E-state index in [0.29, 0.717) is 6.54 Å². The molecule has 0 radical (unpaired) electrons. The molecule has 7 nitrogen and oxygen atoms in total. The maximum Gasteiger partial charge on any atom is 0.325 e. The molecule has 0 bridgehead atoms. The molecule has 0 aliphatic rings. The highest BCUT2D eigenvalue weighted by Crippen LogP contribution is 2.17. The van der Waals surface area contributed by atoms with Crippen molar-refractivity contribution in [3.05, 3.63) is 66.0 Å². The smallest absolute Gasteiger partial charge is 0.325 e. The first kappa shape index (κ1) is 24.5. The van der Waals surface area contributed by atoms with E-state index in [-0.39, 0.29) is 0 Å². The summed E-state index contributed by atoms with van der Waals surface area (Å²) in [4.78, 5) is 26.1. The summed E-state index contributed by atoms with van der Waals surface area (Å²) in [7, 11) is -2.73. The van der Waals surface area contributed by atoms with Crippen molar-refractivity contribution in [3.8, 4) is 0 Å². The molecular weight excluding hydrogens is 423 g/mol. The highest BCUT2D eigenvalue weighted by Gasteiger charge is 2.33. The Morgan fingerprint density at radius 2 is 1.61 bits per heavy atom. The molecule has 0 aliphatic heterocycles. The van der Waals surface area contributed by atoms with Gasteiger partial charge in [0.05, 0.1) is 0 Å². The van der Waals surface area contributed by atoms with Crippen LogP contribution in [-0.4, -0.2) is 44.4 Å².